The number of rotatable bonds is 1. The molecule has 1 aliphatic rings. The van der Waals surface area contributed by atoms with Gasteiger partial charge in [-0.05, 0) is 17.6 Å². The molecule has 1 radical (unpaired) electrons. The Kier molecular flexibility index (Phi) is 2.46. The van der Waals surface area contributed by atoms with Crippen molar-refractivity contribution in [2.24, 2.45) is 0 Å². The Labute approximate surface area is 79.7 Å². The minimum Gasteiger partial charge on any atom is -0.298 e. The minimum atomic E-state index is 0.976. The maximum Gasteiger partial charge on any atom is 0.0169 e. The normalized spacial score (nSPS) is 18.4. The van der Waals surface area contributed by atoms with Gasteiger partial charge >= 0.3 is 0 Å². The maximum atomic E-state index is 3.91. The lowest BCUT2D eigenvalue weighted by molar-refractivity contribution is 0.408. The fourth-order valence-corrected chi connectivity index (χ4v) is 1.63. The van der Waals surface area contributed by atoms with Gasteiger partial charge in [-0.3, -0.25) is 4.90 Å². The van der Waals surface area contributed by atoms with Gasteiger partial charge in [-0.1, -0.05) is 36.4 Å². The van der Waals surface area contributed by atoms with Crippen molar-refractivity contribution in [3.63, 3.8) is 0 Å². The fourth-order valence-electron chi connectivity index (χ4n) is 1.63. The van der Waals surface area contributed by atoms with Gasteiger partial charge in [-0.25, -0.2) is 0 Å². The van der Waals surface area contributed by atoms with Gasteiger partial charge in [0.2, 0.25) is 0 Å². The average molecular weight is 172 g/mol. The van der Waals surface area contributed by atoms with Crippen molar-refractivity contribution < 1.29 is 0 Å². The van der Waals surface area contributed by atoms with Gasteiger partial charge in [0.1, 0.15) is 0 Å². The van der Waals surface area contributed by atoms with Crippen LogP contribution in [0.15, 0.2) is 36.4 Å². The number of nitrogens with zero attached hydrogens (tertiary/aromatic N) is 1. The van der Waals surface area contributed by atoms with E-state index in [0.717, 1.165) is 19.5 Å². The average Bonchev–Trinajstić information content (AvgIpc) is 2.20. The van der Waals surface area contributed by atoms with Crippen molar-refractivity contribution in [3.05, 3.63) is 49.0 Å². The van der Waals surface area contributed by atoms with Crippen molar-refractivity contribution in [3.8, 4) is 0 Å². The van der Waals surface area contributed by atoms with E-state index in [1.807, 2.05) is 0 Å². The molecular weight excluding hydrogens is 158 g/mol. The standard InChI is InChI=1S/C12H14N/c1-13-9-7-12(8-10-13)11-5-3-2-4-6-11/h2-7H,1,8-10H2. The lowest BCUT2D eigenvalue weighted by atomic mass is 10.00. The topological polar surface area (TPSA) is 3.24 Å². The summed E-state index contributed by atoms with van der Waals surface area (Å²) in [4.78, 5) is 2.09. The molecule has 13 heavy (non-hydrogen) atoms. The largest absolute Gasteiger partial charge is 0.298 e. The van der Waals surface area contributed by atoms with E-state index in [4.69, 9.17) is 0 Å². The van der Waals surface area contributed by atoms with Crippen LogP contribution >= 0.6 is 0 Å². The molecule has 0 unspecified atom stereocenters. The van der Waals surface area contributed by atoms with E-state index in [0.29, 0.717) is 0 Å². The summed E-state index contributed by atoms with van der Waals surface area (Å²) in [5.41, 5.74) is 2.82. The Hall–Kier alpha value is -1.08. The van der Waals surface area contributed by atoms with Crippen LogP contribution in [0.5, 0.6) is 0 Å². The van der Waals surface area contributed by atoms with E-state index in [1.165, 1.54) is 11.1 Å². The van der Waals surface area contributed by atoms with Crippen LogP contribution in [0.25, 0.3) is 5.57 Å². The molecule has 1 heteroatoms. The molecule has 0 bridgehead atoms. The molecule has 1 aliphatic heterocycles. The maximum absolute atomic E-state index is 3.91. The molecule has 67 valence electrons. The van der Waals surface area contributed by atoms with E-state index < -0.39 is 0 Å². The van der Waals surface area contributed by atoms with E-state index in [-0.39, 0.29) is 0 Å². The van der Waals surface area contributed by atoms with Crippen molar-refractivity contribution in [2.75, 3.05) is 13.1 Å². The predicted molar refractivity (Wildman–Crippen MR) is 56.0 cm³/mol. The second-order valence-electron chi connectivity index (χ2n) is 3.42. The molecule has 0 saturated carbocycles. The summed E-state index contributed by atoms with van der Waals surface area (Å²) in [5.74, 6) is 0. The molecule has 0 fully saturated rings. The van der Waals surface area contributed by atoms with Crippen LogP contribution in [0.4, 0.5) is 0 Å². The first-order valence-electron chi connectivity index (χ1n) is 4.66. The van der Waals surface area contributed by atoms with Crippen molar-refractivity contribution in [2.45, 2.75) is 6.42 Å². The molecule has 1 aromatic rings. The zero-order valence-electron chi connectivity index (χ0n) is 7.74. The van der Waals surface area contributed by atoms with Crippen LogP contribution in [0.1, 0.15) is 12.0 Å². The third-order valence-corrected chi connectivity index (χ3v) is 2.44. The van der Waals surface area contributed by atoms with Crippen LogP contribution < -0.4 is 0 Å². The summed E-state index contributed by atoms with van der Waals surface area (Å²) in [6, 6.07) is 10.6. The first-order valence-corrected chi connectivity index (χ1v) is 4.66. The molecule has 0 spiro atoms. The summed E-state index contributed by atoms with van der Waals surface area (Å²) < 4.78 is 0. The zero-order valence-corrected chi connectivity index (χ0v) is 7.74. The Bertz CT molecular complexity index is 300. The molecular formula is C12H14N. The van der Waals surface area contributed by atoms with Gasteiger partial charge in [0.25, 0.3) is 0 Å². The van der Waals surface area contributed by atoms with Crippen LogP contribution in [0.3, 0.4) is 0 Å². The van der Waals surface area contributed by atoms with Gasteiger partial charge in [-0.2, -0.15) is 0 Å². The Morgan fingerprint density at radius 2 is 1.92 bits per heavy atom. The molecule has 0 aliphatic carbocycles. The fraction of sp³-hybridized carbons (Fsp3) is 0.250. The second kappa shape index (κ2) is 3.75. The third-order valence-electron chi connectivity index (χ3n) is 2.44. The Morgan fingerprint density at radius 1 is 1.15 bits per heavy atom. The summed E-state index contributed by atoms with van der Waals surface area (Å²) in [5, 5.41) is 0. The molecule has 1 nitrogen and oxygen atoms in total. The molecule has 1 heterocycles. The molecule has 1 aromatic carbocycles. The van der Waals surface area contributed by atoms with Crippen molar-refractivity contribution in [1.29, 1.82) is 0 Å². The van der Waals surface area contributed by atoms with Crippen LogP contribution in [0.2, 0.25) is 0 Å². The molecule has 0 aromatic heterocycles. The third kappa shape index (κ3) is 1.99. The van der Waals surface area contributed by atoms with E-state index in [2.05, 4.69) is 48.4 Å². The highest BCUT2D eigenvalue weighted by Gasteiger charge is 2.08. The first-order chi connectivity index (χ1) is 6.36. The van der Waals surface area contributed by atoms with Gasteiger partial charge in [0.05, 0.1) is 0 Å². The lowest BCUT2D eigenvalue weighted by Gasteiger charge is -2.21. The van der Waals surface area contributed by atoms with Gasteiger partial charge in [-0.15, -0.1) is 0 Å². The smallest absolute Gasteiger partial charge is 0.0169 e. The highest BCUT2D eigenvalue weighted by molar-refractivity contribution is 5.66. The highest BCUT2D eigenvalue weighted by Crippen LogP contribution is 2.21. The summed E-state index contributed by atoms with van der Waals surface area (Å²) >= 11 is 0. The summed E-state index contributed by atoms with van der Waals surface area (Å²) in [6.07, 6.45) is 3.39. The predicted octanol–water partition coefficient (Wildman–Crippen LogP) is 2.57. The second-order valence-corrected chi connectivity index (χ2v) is 3.42. The molecule has 0 amide bonds. The van der Waals surface area contributed by atoms with E-state index in [1.54, 1.807) is 0 Å². The first kappa shape index (κ1) is 8.52. The Morgan fingerprint density at radius 3 is 2.54 bits per heavy atom. The number of hydrogen-bond donors (Lipinski definition) is 0. The van der Waals surface area contributed by atoms with Crippen molar-refractivity contribution in [1.82, 2.24) is 4.90 Å². The molecule has 2 rings (SSSR count). The van der Waals surface area contributed by atoms with Crippen LogP contribution in [0, 0.1) is 7.05 Å². The van der Waals surface area contributed by atoms with E-state index in [9.17, 15) is 0 Å². The zero-order chi connectivity index (χ0) is 9.10. The molecule has 0 N–H and O–H groups in total. The molecule has 0 saturated heterocycles. The summed E-state index contributed by atoms with van der Waals surface area (Å²) in [7, 11) is 3.91. The number of hydrogen-bond acceptors (Lipinski definition) is 1. The quantitative estimate of drug-likeness (QED) is 0.629. The van der Waals surface area contributed by atoms with Gasteiger partial charge in [0.15, 0.2) is 0 Å². The SMILES string of the molecule is [CH2]N1CC=C(c2ccccc2)CC1. The van der Waals surface area contributed by atoms with Crippen LogP contribution in [-0.2, 0) is 0 Å². The van der Waals surface area contributed by atoms with Crippen LogP contribution in [-0.4, -0.2) is 18.0 Å². The Balaban J connectivity index is 2.19. The minimum absolute atomic E-state index is 0.976. The highest BCUT2D eigenvalue weighted by atomic mass is 15.1. The van der Waals surface area contributed by atoms with Gasteiger partial charge in [0, 0.05) is 20.1 Å². The van der Waals surface area contributed by atoms with Crippen molar-refractivity contribution >= 4 is 5.57 Å². The van der Waals surface area contributed by atoms with Gasteiger partial charge < -0.3 is 0 Å². The molecule has 0 atom stereocenters. The monoisotopic (exact) mass is 172 g/mol. The summed E-state index contributed by atoms with van der Waals surface area (Å²) in [6.45, 7) is 2.05. The lowest BCUT2D eigenvalue weighted by Crippen LogP contribution is -2.21. The number of benzene rings is 1. The van der Waals surface area contributed by atoms with E-state index >= 15 is 0 Å².